The number of halogens is 1. The molecule has 0 unspecified atom stereocenters. The van der Waals surface area contributed by atoms with Crippen LogP contribution in [0.2, 0.25) is 0 Å². The Morgan fingerprint density at radius 3 is 2.57 bits per heavy atom. The van der Waals surface area contributed by atoms with Crippen molar-refractivity contribution < 1.29 is 17.6 Å². The van der Waals surface area contributed by atoms with Crippen molar-refractivity contribution in [2.75, 3.05) is 0 Å². The van der Waals surface area contributed by atoms with Gasteiger partial charge in [0.1, 0.15) is 11.5 Å². The molecule has 0 spiro atoms. The van der Waals surface area contributed by atoms with Gasteiger partial charge in [-0.05, 0) is 55.2 Å². The summed E-state index contributed by atoms with van der Waals surface area (Å²) in [4.78, 5) is 29.4. The zero-order chi connectivity index (χ0) is 26.2. The number of pyridine rings is 1. The number of nitrogens with one attached hydrogen (secondary N) is 2. The van der Waals surface area contributed by atoms with Crippen LogP contribution in [0, 0.1) is 5.82 Å². The van der Waals surface area contributed by atoms with Crippen molar-refractivity contribution >= 4 is 26.8 Å². The van der Waals surface area contributed by atoms with Crippen molar-refractivity contribution in [3.8, 4) is 11.1 Å². The van der Waals surface area contributed by atoms with Gasteiger partial charge in [-0.2, -0.15) is 0 Å². The van der Waals surface area contributed by atoms with Crippen molar-refractivity contribution in [2.45, 2.75) is 50.8 Å². The number of amides is 1. The summed E-state index contributed by atoms with van der Waals surface area (Å²) in [5.41, 5.74) is 2.06. The molecule has 0 bridgehead atoms. The number of aryl methyl sites for hydroxylation is 1. The molecule has 5 rings (SSSR count). The van der Waals surface area contributed by atoms with Crippen LogP contribution < -0.4 is 10.3 Å². The second-order valence-electron chi connectivity index (χ2n) is 9.40. The Balaban J connectivity index is 1.78. The first kappa shape index (κ1) is 25.0. The monoisotopic (exact) mass is 521 g/mol. The first-order valence-corrected chi connectivity index (χ1v) is 14.0. The fourth-order valence-corrected chi connectivity index (χ4v) is 6.65. The van der Waals surface area contributed by atoms with Gasteiger partial charge in [0.2, 0.25) is 10.0 Å². The number of carbonyl (C=O) groups excluding carboxylic acids is 1. The Morgan fingerprint density at radius 1 is 1.11 bits per heavy atom. The number of rotatable bonds is 7. The largest absolute Gasteiger partial charge is 0.331 e. The van der Waals surface area contributed by atoms with Gasteiger partial charge in [-0.25, -0.2) is 17.5 Å². The molecule has 0 radical (unpaired) electrons. The van der Waals surface area contributed by atoms with Crippen molar-refractivity contribution in [3.05, 3.63) is 93.8 Å². The maximum Gasteiger partial charge on any atom is 0.282 e. The zero-order valence-electron chi connectivity index (χ0n) is 20.5. The van der Waals surface area contributed by atoms with E-state index in [1.165, 1.54) is 12.3 Å². The van der Waals surface area contributed by atoms with E-state index in [0.29, 0.717) is 34.9 Å². The molecule has 2 aromatic heterocycles. The molecule has 0 aliphatic heterocycles. The van der Waals surface area contributed by atoms with E-state index in [4.69, 9.17) is 0 Å². The third-order valence-corrected chi connectivity index (χ3v) is 8.92. The van der Waals surface area contributed by atoms with Crippen LogP contribution in [0.5, 0.6) is 0 Å². The van der Waals surface area contributed by atoms with E-state index in [0.717, 1.165) is 24.8 Å². The highest BCUT2D eigenvalue weighted by atomic mass is 32.2. The molecule has 7 nitrogen and oxygen atoms in total. The molecule has 0 atom stereocenters. The first-order chi connectivity index (χ1) is 17.8. The van der Waals surface area contributed by atoms with Crippen LogP contribution >= 0.6 is 0 Å². The van der Waals surface area contributed by atoms with Crippen LogP contribution in [0.4, 0.5) is 4.39 Å². The maximum absolute atomic E-state index is 14.7. The minimum atomic E-state index is -3.94. The maximum atomic E-state index is 14.7. The number of nitrogens with zero attached hydrogens (tertiary/aromatic N) is 1. The zero-order valence-corrected chi connectivity index (χ0v) is 21.3. The molecular weight excluding hydrogens is 493 g/mol. The third-order valence-electron chi connectivity index (χ3n) is 7.10. The molecule has 2 aromatic carbocycles. The summed E-state index contributed by atoms with van der Waals surface area (Å²) < 4.78 is 44.8. The van der Waals surface area contributed by atoms with Gasteiger partial charge in [0.15, 0.2) is 0 Å². The topological polar surface area (TPSA) is 101 Å². The summed E-state index contributed by atoms with van der Waals surface area (Å²) >= 11 is 0. The SMILES string of the molecule is CCc1ccc2c(c1)c(-c1ccc[nH]c1=O)c(C(=O)NS(=O)(=O)C1CCCC1)n2Cc1ccccc1F. The number of hydrogen-bond acceptors (Lipinski definition) is 4. The third kappa shape index (κ3) is 4.71. The van der Waals surface area contributed by atoms with E-state index >= 15 is 0 Å². The van der Waals surface area contributed by atoms with Crippen molar-refractivity contribution in [1.82, 2.24) is 14.3 Å². The van der Waals surface area contributed by atoms with Gasteiger partial charge in [-0.3, -0.25) is 9.59 Å². The molecule has 192 valence electrons. The molecule has 0 saturated heterocycles. The summed E-state index contributed by atoms with van der Waals surface area (Å²) in [6.45, 7) is 1.97. The van der Waals surface area contributed by atoms with Gasteiger partial charge >= 0.3 is 0 Å². The van der Waals surface area contributed by atoms with E-state index in [9.17, 15) is 22.4 Å². The molecule has 1 amide bonds. The summed E-state index contributed by atoms with van der Waals surface area (Å²) in [7, 11) is -3.94. The number of sulfonamides is 1. The van der Waals surface area contributed by atoms with Crippen LogP contribution in [0.15, 0.2) is 65.6 Å². The van der Waals surface area contributed by atoms with Crippen LogP contribution in [0.3, 0.4) is 0 Å². The molecule has 1 fully saturated rings. The molecular formula is C28H28FN3O4S. The molecule has 2 N–H and O–H groups in total. The fourth-order valence-electron chi connectivity index (χ4n) is 5.17. The fraction of sp³-hybridized carbons (Fsp3) is 0.286. The average molecular weight is 522 g/mol. The number of H-pyrrole nitrogens is 1. The molecule has 4 aromatic rings. The summed E-state index contributed by atoms with van der Waals surface area (Å²) in [5, 5.41) is -0.0214. The van der Waals surface area contributed by atoms with Gasteiger partial charge in [0, 0.05) is 33.8 Å². The van der Waals surface area contributed by atoms with Gasteiger partial charge in [-0.1, -0.05) is 44.0 Å². The van der Waals surface area contributed by atoms with Gasteiger partial charge < -0.3 is 9.55 Å². The number of fused-ring (bicyclic) bond motifs is 1. The average Bonchev–Trinajstić information content (AvgIpc) is 3.53. The van der Waals surface area contributed by atoms with Crippen molar-refractivity contribution in [2.24, 2.45) is 0 Å². The van der Waals surface area contributed by atoms with E-state index < -0.39 is 32.6 Å². The molecule has 37 heavy (non-hydrogen) atoms. The van der Waals surface area contributed by atoms with Gasteiger partial charge in [-0.15, -0.1) is 0 Å². The minimum Gasteiger partial charge on any atom is -0.331 e. The van der Waals surface area contributed by atoms with Crippen molar-refractivity contribution in [1.29, 1.82) is 0 Å². The predicted molar refractivity (Wildman–Crippen MR) is 142 cm³/mol. The van der Waals surface area contributed by atoms with Crippen LogP contribution in [-0.4, -0.2) is 29.1 Å². The Morgan fingerprint density at radius 2 is 1.86 bits per heavy atom. The molecule has 1 aliphatic carbocycles. The number of hydrogen-bond donors (Lipinski definition) is 2. The lowest BCUT2D eigenvalue weighted by atomic mass is 10.0. The van der Waals surface area contributed by atoms with E-state index in [-0.39, 0.29) is 17.8 Å². The predicted octanol–water partition coefficient (Wildman–Crippen LogP) is 4.75. The second-order valence-corrected chi connectivity index (χ2v) is 11.4. The molecule has 1 saturated carbocycles. The van der Waals surface area contributed by atoms with Gasteiger partial charge in [0.25, 0.3) is 11.5 Å². The highest BCUT2D eigenvalue weighted by molar-refractivity contribution is 7.90. The highest BCUT2D eigenvalue weighted by Crippen LogP contribution is 2.36. The first-order valence-electron chi connectivity index (χ1n) is 12.4. The minimum absolute atomic E-state index is 0.00442. The Hall–Kier alpha value is -3.72. The number of benzene rings is 2. The van der Waals surface area contributed by atoms with Gasteiger partial charge in [0.05, 0.1) is 11.8 Å². The lowest BCUT2D eigenvalue weighted by Crippen LogP contribution is -2.38. The summed E-state index contributed by atoms with van der Waals surface area (Å²) in [6, 6.07) is 15.1. The van der Waals surface area contributed by atoms with Crippen LogP contribution in [0.1, 0.15) is 54.2 Å². The van der Waals surface area contributed by atoms with E-state index in [1.54, 1.807) is 34.9 Å². The normalized spacial score (nSPS) is 14.3. The Bertz CT molecular complexity index is 1650. The summed E-state index contributed by atoms with van der Waals surface area (Å²) in [6.07, 6.45) is 4.77. The Labute approximate surface area is 214 Å². The standard InChI is InChI=1S/C28H28FN3O4S/c1-2-18-13-14-24-22(16-18)25(21-11-7-15-30-27(21)33)26(32(24)17-19-8-3-6-12-23(19)29)28(34)31-37(35,36)20-9-4-5-10-20/h3,6-8,11-16,20H,2,4-5,9-10,17H2,1H3,(H,30,33)(H,31,34). The second kappa shape index (κ2) is 9.97. The lowest BCUT2D eigenvalue weighted by molar-refractivity contribution is 0.0973. The Kier molecular flexibility index (Phi) is 6.72. The molecule has 1 aliphatic rings. The quantitative estimate of drug-likeness (QED) is 0.367. The van der Waals surface area contributed by atoms with E-state index in [2.05, 4.69) is 9.71 Å². The number of aromatic amines is 1. The molecule has 2 heterocycles. The number of carbonyl (C=O) groups is 1. The smallest absolute Gasteiger partial charge is 0.282 e. The van der Waals surface area contributed by atoms with Crippen molar-refractivity contribution in [3.63, 3.8) is 0 Å². The summed E-state index contributed by atoms with van der Waals surface area (Å²) in [5.74, 6) is -1.28. The van der Waals surface area contributed by atoms with Crippen LogP contribution in [-0.2, 0) is 23.0 Å². The number of aromatic nitrogens is 2. The molecule has 9 heteroatoms. The highest BCUT2D eigenvalue weighted by Gasteiger charge is 2.33. The van der Waals surface area contributed by atoms with E-state index in [1.807, 2.05) is 25.1 Å². The lowest BCUT2D eigenvalue weighted by Gasteiger charge is -2.16. The van der Waals surface area contributed by atoms with Crippen LogP contribution in [0.25, 0.3) is 22.0 Å².